The average Bonchev–Trinajstić information content (AvgIpc) is 1.62. The second kappa shape index (κ2) is 6.11. The van der Waals surface area contributed by atoms with Crippen LogP contribution in [0.2, 0.25) is 0 Å². The topological polar surface area (TPSA) is 0 Å². The van der Waals surface area contributed by atoms with Crippen LogP contribution in [0.25, 0.3) is 0 Å². The summed E-state index contributed by atoms with van der Waals surface area (Å²) in [6, 6.07) is 0. The Hall–Kier alpha value is -0.0135. The smallest absolute Gasteiger partial charge is 0 e. The van der Waals surface area contributed by atoms with Crippen LogP contribution in [0.5, 0.6) is 0 Å². The fraction of sp³-hybridized carbons (Fsp3) is 0.500. The molecule has 0 nitrogen and oxygen atoms in total. The van der Waals surface area contributed by atoms with Crippen molar-refractivity contribution in [3.05, 3.63) is 24.3 Å². The molecule has 1 radical (unpaired) electrons. The molecule has 1 heteroatoms. The van der Waals surface area contributed by atoms with Gasteiger partial charge < -0.3 is 0 Å². The molecule has 0 aromatic carbocycles. The van der Waals surface area contributed by atoms with Crippen molar-refractivity contribution < 1.29 is 16.8 Å². The molecule has 0 unspecified atom stereocenters. The van der Waals surface area contributed by atoms with E-state index in [1.165, 1.54) is 25.7 Å². The Balaban J connectivity index is 0.000000640. The van der Waals surface area contributed by atoms with E-state index in [-0.39, 0.29) is 16.8 Å². The van der Waals surface area contributed by atoms with E-state index in [2.05, 4.69) is 24.3 Å². The first-order chi connectivity index (χ1) is 4.00. The SMILES string of the molecule is C1=CCC/C=C\CC1.[Co]. The summed E-state index contributed by atoms with van der Waals surface area (Å²) in [5, 5.41) is 0. The van der Waals surface area contributed by atoms with Crippen molar-refractivity contribution >= 4 is 0 Å². The van der Waals surface area contributed by atoms with Gasteiger partial charge in [0, 0.05) is 16.8 Å². The van der Waals surface area contributed by atoms with E-state index >= 15 is 0 Å². The fourth-order valence-corrected chi connectivity index (χ4v) is 0.856. The Labute approximate surface area is 67.2 Å². The summed E-state index contributed by atoms with van der Waals surface area (Å²) in [5.41, 5.74) is 0. The maximum absolute atomic E-state index is 2.27. The van der Waals surface area contributed by atoms with Crippen molar-refractivity contribution in [2.75, 3.05) is 0 Å². The van der Waals surface area contributed by atoms with Crippen LogP contribution in [0.4, 0.5) is 0 Å². The fourth-order valence-electron chi connectivity index (χ4n) is 0.856. The summed E-state index contributed by atoms with van der Waals surface area (Å²) in [4.78, 5) is 0. The van der Waals surface area contributed by atoms with E-state index in [4.69, 9.17) is 0 Å². The number of hydrogen-bond acceptors (Lipinski definition) is 0. The van der Waals surface area contributed by atoms with Gasteiger partial charge in [-0.25, -0.2) is 0 Å². The Bertz CT molecular complexity index is 77.1. The van der Waals surface area contributed by atoms with Crippen LogP contribution in [-0.2, 0) is 16.8 Å². The van der Waals surface area contributed by atoms with Gasteiger partial charge in [0.15, 0.2) is 0 Å². The zero-order chi connectivity index (χ0) is 5.66. The van der Waals surface area contributed by atoms with Crippen LogP contribution in [0.15, 0.2) is 24.3 Å². The van der Waals surface area contributed by atoms with Gasteiger partial charge in [-0.1, -0.05) is 24.3 Å². The first-order valence-electron chi connectivity index (χ1n) is 3.30. The minimum atomic E-state index is 0. The molecule has 0 atom stereocenters. The van der Waals surface area contributed by atoms with Gasteiger partial charge >= 0.3 is 0 Å². The van der Waals surface area contributed by atoms with E-state index in [0.29, 0.717) is 0 Å². The quantitative estimate of drug-likeness (QED) is 0.486. The molecule has 53 valence electrons. The van der Waals surface area contributed by atoms with Gasteiger partial charge in [0.2, 0.25) is 0 Å². The van der Waals surface area contributed by atoms with Crippen molar-refractivity contribution in [3.8, 4) is 0 Å². The third kappa shape index (κ3) is 4.49. The molecule has 1 aliphatic rings. The zero-order valence-corrected chi connectivity index (χ0v) is 6.51. The molecule has 0 aliphatic heterocycles. The molecule has 0 amide bonds. The third-order valence-electron chi connectivity index (χ3n) is 1.33. The van der Waals surface area contributed by atoms with Gasteiger partial charge in [0.05, 0.1) is 0 Å². The van der Waals surface area contributed by atoms with Gasteiger partial charge in [-0.15, -0.1) is 0 Å². The molecule has 0 heterocycles. The van der Waals surface area contributed by atoms with E-state index in [1.807, 2.05) is 0 Å². The zero-order valence-electron chi connectivity index (χ0n) is 5.47. The molecule has 0 spiro atoms. The van der Waals surface area contributed by atoms with Crippen molar-refractivity contribution in [3.63, 3.8) is 0 Å². The van der Waals surface area contributed by atoms with E-state index in [9.17, 15) is 0 Å². The molecule has 0 saturated heterocycles. The van der Waals surface area contributed by atoms with Crippen LogP contribution in [0.3, 0.4) is 0 Å². The second-order valence-corrected chi connectivity index (χ2v) is 2.10. The van der Waals surface area contributed by atoms with Gasteiger partial charge in [-0.2, -0.15) is 0 Å². The minimum absolute atomic E-state index is 0. The summed E-state index contributed by atoms with van der Waals surface area (Å²) in [6.45, 7) is 0. The maximum Gasteiger partial charge on any atom is 0 e. The standard InChI is InChI=1S/C8H12.Co/c1-2-4-6-8-7-5-3-1;/h1-2,7-8H,3-6H2;/b2-1-,8-7?;. The molecular weight excluding hydrogens is 155 g/mol. The number of hydrogen-bond donors (Lipinski definition) is 0. The van der Waals surface area contributed by atoms with Gasteiger partial charge in [0.1, 0.15) is 0 Å². The van der Waals surface area contributed by atoms with Crippen LogP contribution in [0, 0.1) is 0 Å². The average molecular weight is 167 g/mol. The Morgan fingerprint density at radius 1 is 0.556 bits per heavy atom. The van der Waals surface area contributed by atoms with Gasteiger partial charge in [-0.05, 0) is 25.7 Å². The molecule has 0 fully saturated rings. The van der Waals surface area contributed by atoms with Crippen LogP contribution >= 0.6 is 0 Å². The Morgan fingerprint density at radius 3 is 1.00 bits per heavy atom. The first kappa shape index (κ1) is 8.99. The summed E-state index contributed by atoms with van der Waals surface area (Å²) < 4.78 is 0. The van der Waals surface area contributed by atoms with Gasteiger partial charge in [0.25, 0.3) is 0 Å². The monoisotopic (exact) mass is 167 g/mol. The normalized spacial score (nSPS) is 21.3. The van der Waals surface area contributed by atoms with E-state index in [1.54, 1.807) is 0 Å². The predicted octanol–water partition coefficient (Wildman–Crippen LogP) is 2.67. The first-order valence-corrected chi connectivity index (χ1v) is 3.30. The van der Waals surface area contributed by atoms with E-state index in [0.717, 1.165) is 0 Å². The molecule has 1 rings (SSSR count). The number of allylic oxidation sites excluding steroid dienone is 4. The largest absolute Gasteiger partial charge is 0.0882 e. The van der Waals surface area contributed by atoms with Crippen molar-refractivity contribution in [2.45, 2.75) is 25.7 Å². The second-order valence-electron chi connectivity index (χ2n) is 2.10. The molecule has 0 bridgehead atoms. The summed E-state index contributed by atoms with van der Waals surface area (Å²) in [7, 11) is 0. The van der Waals surface area contributed by atoms with E-state index < -0.39 is 0 Å². The predicted molar refractivity (Wildman–Crippen MR) is 36.7 cm³/mol. The molecule has 0 saturated carbocycles. The van der Waals surface area contributed by atoms with Gasteiger partial charge in [-0.3, -0.25) is 0 Å². The summed E-state index contributed by atoms with van der Waals surface area (Å²) in [6.07, 6.45) is 14.0. The van der Waals surface area contributed by atoms with Crippen molar-refractivity contribution in [2.24, 2.45) is 0 Å². The van der Waals surface area contributed by atoms with Crippen LogP contribution < -0.4 is 0 Å². The van der Waals surface area contributed by atoms with Crippen molar-refractivity contribution in [1.82, 2.24) is 0 Å². The van der Waals surface area contributed by atoms with Crippen LogP contribution in [0.1, 0.15) is 25.7 Å². The summed E-state index contributed by atoms with van der Waals surface area (Å²) in [5.74, 6) is 0. The third-order valence-corrected chi connectivity index (χ3v) is 1.33. The number of rotatable bonds is 0. The molecule has 0 N–H and O–H groups in total. The minimum Gasteiger partial charge on any atom is -0.0882 e. The summed E-state index contributed by atoms with van der Waals surface area (Å²) >= 11 is 0. The van der Waals surface area contributed by atoms with Crippen LogP contribution in [-0.4, -0.2) is 0 Å². The molecule has 0 aromatic heterocycles. The van der Waals surface area contributed by atoms with Crippen molar-refractivity contribution in [1.29, 1.82) is 0 Å². The Morgan fingerprint density at radius 2 is 0.778 bits per heavy atom. The molecular formula is C8H12Co. The molecule has 1 aliphatic carbocycles. The Kier molecular flexibility index (Phi) is 6.10. The molecule has 9 heavy (non-hydrogen) atoms. The molecule has 0 aromatic rings. The maximum atomic E-state index is 2.27.